The molecule has 0 bridgehead atoms. The Labute approximate surface area is 255 Å². The highest BCUT2D eigenvalue weighted by molar-refractivity contribution is 5.92. The fourth-order valence-electron chi connectivity index (χ4n) is 5.47. The maximum Gasteiger partial charge on any atom is 0.338 e. The van der Waals surface area contributed by atoms with Crippen LogP contribution in [-0.4, -0.2) is 75.1 Å². The van der Waals surface area contributed by atoms with Crippen molar-refractivity contribution in [1.29, 1.82) is 0 Å². The number of anilines is 3. The number of nitro benzene ring substituents is 1. The SMILES string of the molecule is CCn1nc(C)cc1Nc1nc2cccc(CN3CCOCC3)c2n1C/C=C/CNc1c(C)cc(C(=O)OC)cc1[N+](=O)[O-]. The van der Waals surface area contributed by atoms with E-state index >= 15 is 0 Å². The Morgan fingerprint density at radius 1 is 1.18 bits per heavy atom. The quantitative estimate of drug-likeness (QED) is 0.100. The van der Waals surface area contributed by atoms with Gasteiger partial charge in [0.1, 0.15) is 11.5 Å². The van der Waals surface area contributed by atoms with Gasteiger partial charge in [0, 0.05) is 51.4 Å². The number of hydrogen-bond donors (Lipinski definition) is 2. The molecule has 0 spiro atoms. The second-order valence-corrected chi connectivity index (χ2v) is 10.6. The normalized spacial score (nSPS) is 13.9. The molecule has 5 rings (SSSR count). The number of aryl methyl sites for hydroxylation is 3. The molecule has 1 saturated heterocycles. The zero-order valence-electron chi connectivity index (χ0n) is 25.5. The molecule has 232 valence electrons. The molecule has 1 aliphatic rings. The van der Waals surface area contributed by atoms with Gasteiger partial charge in [-0.05, 0) is 44.0 Å². The second-order valence-electron chi connectivity index (χ2n) is 10.6. The van der Waals surface area contributed by atoms with E-state index in [2.05, 4.69) is 31.3 Å². The topological polar surface area (TPSA) is 142 Å². The Morgan fingerprint density at radius 3 is 2.70 bits per heavy atom. The molecule has 1 aliphatic heterocycles. The minimum absolute atomic E-state index is 0.136. The molecule has 2 aromatic carbocycles. The summed E-state index contributed by atoms with van der Waals surface area (Å²) in [6.45, 7) is 11.3. The lowest BCUT2D eigenvalue weighted by Crippen LogP contribution is -2.35. The molecule has 2 N–H and O–H groups in total. The summed E-state index contributed by atoms with van der Waals surface area (Å²) in [5.74, 6) is 0.941. The molecular weight excluding hydrogens is 564 g/mol. The van der Waals surface area contributed by atoms with Crippen molar-refractivity contribution in [2.45, 2.75) is 40.4 Å². The minimum atomic E-state index is -0.621. The highest BCUT2D eigenvalue weighted by Gasteiger charge is 2.21. The number of carbonyl (C=O) groups excluding carboxylic acids is 1. The van der Waals surface area contributed by atoms with Crippen LogP contribution in [0.15, 0.2) is 48.6 Å². The van der Waals surface area contributed by atoms with Crippen molar-refractivity contribution >= 4 is 40.1 Å². The second kappa shape index (κ2) is 13.7. The Bertz CT molecular complexity index is 1690. The van der Waals surface area contributed by atoms with Gasteiger partial charge >= 0.3 is 5.97 Å². The van der Waals surface area contributed by atoms with Crippen LogP contribution in [0.4, 0.5) is 23.1 Å². The number of esters is 1. The largest absolute Gasteiger partial charge is 0.465 e. The van der Waals surface area contributed by atoms with Crippen LogP contribution in [0.25, 0.3) is 11.0 Å². The lowest BCUT2D eigenvalue weighted by Gasteiger charge is -2.27. The molecule has 2 aromatic heterocycles. The zero-order chi connectivity index (χ0) is 31.2. The number of imidazole rings is 1. The van der Waals surface area contributed by atoms with E-state index in [1.807, 2.05) is 48.9 Å². The van der Waals surface area contributed by atoms with Gasteiger partial charge in [-0.2, -0.15) is 5.10 Å². The molecule has 0 atom stereocenters. The first-order valence-corrected chi connectivity index (χ1v) is 14.6. The Morgan fingerprint density at radius 2 is 1.98 bits per heavy atom. The Hall–Kier alpha value is -4.75. The Kier molecular flexibility index (Phi) is 9.56. The van der Waals surface area contributed by atoms with Crippen LogP contribution in [0.5, 0.6) is 0 Å². The van der Waals surface area contributed by atoms with E-state index in [1.54, 1.807) is 13.0 Å². The van der Waals surface area contributed by atoms with E-state index in [1.165, 1.54) is 18.7 Å². The number of nitrogens with one attached hydrogen (secondary N) is 2. The first-order valence-electron chi connectivity index (χ1n) is 14.6. The molecule has 13 nitrogen and oxygen atoms in total. The molecular formula is C31H38N8O5. The summed E-state index contributed by atoms with van der Waals surface area (Å²) >= 11 is 0. The molecule has 13 heteroatoms. The van der Waals surface area contributed by atoms with E-state index in [0.717, 1.165) is 61.9 Å². The summed E-state index contributed by atoms with van der Waals surface area (Å²) in [6.07, 6.45) is 3.94. The third kappa shape index (κ3) is 6.74. The van der Waals surface area contributed by atoms with Crippen molar-refractivity contribution < 1.29 is 19.2 Å². The van der Waals surface area contributed by atoms with Crippen LogP contribution < -0.4 is 10.6 Å². The van der Waals surface area contributed by atoms with E-state index in [9.17, 15) is 14.9 Å². The van der Waals surface area contributed by atoms with Gasteiger partial charge < -0.3 is 24.7 Å². The molecule has 4 aromatic rings. The summed E-state index contributed by atoms with van der Waals surface area (Å²) in [6, 6.07) is 11.0. The van der Waals surface area contributed by atoms with E-state index < -0.39 is 10.9 Å². The summed E-state index contributed by atoms with van der Waals surface area (Å²) in [7, 11) is 1.25. The number of morpholine rings is 1. The first-order chi connectivity index (χ1) is 21.3. The van der Waals surface area contributed by atoms with Crippen LogP contribution in [0, 0.1) is 24.0 Å². The molecule has 0 aliphatic carbocycles. The number of ether oxygens (including phenoxy) is 2. The van der Waals surface area contributed by atoms with Gasteiger partial charge in [0.15, 0.2) is 0 Å². The first kappa shape index (κ1) is 30.7. The average Bonchev–Trinajstić information content (AvgIpc) is 3.56. The van der Waals surface area contributed by atoms with Crippen molar-refractivity contribution in [2.75, 3.05) is 50.6 Å². The van der Waals surface area contributed by atoms with Gasteiger partial charge in [0.2, 0.25) is 5.95 Å². The highest BCUT2D eigenvalue weighted by atomic mass is 16.6. The smallest absolute Gasteiger partial charge is 0.338 e. The van der Waals surface area contributed by atoms with Gasteiger partial charge in [-0.15, -0.1) is 0 Å². The standard InChI is InChI=1S/C31H38N8O5/c1-5-38-27(18-22(3)35-38)34-31-33-25-10-8-9-23(20-36-13-15-44-16-14-36)29(25)37(31)12-7-6-11-32-28-21(2)17-24(30(40)43-4)19-26(28)39(41)42/h6-10,17-19,32H,5,11-16,20H2,1-4H3,(H,33,34)/b7-6+. The van der Waals surface area contributed by atoms with Gasteiger partial charge in [0.25, 0.3) is 5.69 Å². The van der Waals surface area contributed by atoms with Crippen molar-refractivity contribution in [2.24, 2.45) is 0 Å². The average molecular weight is 603 g/mol. The van der Waals surface area contributed by atoms with Crippen LogP contribution >= 0.6 is 0 Å². The van der Waals surface area contributed by atoms with Gasteiger partial charge in [-0.3, -0.25) is 15.0 Å². The monoisotopic (exact) mass is 602 g/mol. The number of methoxy groups -OCH3 is 1. The minimum Gasteiger partial charge on any atom is -0.465 e. The maximum atomic E-state index is 12.0. The number of fused-ring (bicyclic) bond motifs is 1. The third-order valence-corrected chi connectivity index (χ3v) is 7.57. The highest BCUT2D eigenvalue weighted by Crippen LogP contribution is 2.30. The van der Waals surface area contributed by atoms with Gasteiger partial charge in [0.05, 0.1) is 47.5 Å². The fourth-order valence-corrected chi connectivity index (χ4v) is 5.47. The van der Waals surface area contributed by atoms with Crippen molar-refractivity contribution in [3.63, 3.8) is 0 Å². The summed E-state index contributed by atoms with van der Waals surface area (Å²) in [4.78, 5) is 30.6. The van der Waals surface area contributed by atoms with Crippen molar-refractivity contribution in [3.05, 3.63) is 81.0 Å². The number of para-hydroxylation sites is 1. The number of nitro groups is 1. The lowest BCUT2D eigenvalue weighted by molar-refractivity contribution is -0.384. The molecule has 0 amide bonds. The molecule has 0 unspecified atom stereocenters. The van der Waals surface area contributed by atoms with Gasteiger partial charge in [-0.1, -0.05) is 24.3 Å². The molecule has 1 fully saturated rings. The van der Waals surface area contributed by atoms with Crippen LogP contribution in [0.3, 0.4) is 0 Å². The molecule has 0 saturated carbocycles. The number of allylic oxidation sites excluding steroid dienone is 1. The number of carbonyl (C=O) groups is 1. The summed E-state index contributed by atoms with van der Waals surface area (Å²) in [5, 5.41) is 23.0. The molecule has 0 radical (unpaired) electrons. The fraction of sp³-hybridized carbons (Fsp3) is 0.387. The van der Waals surface area contributed by atoms with Crippen LogP contribution in [0.1, 0.15) is 34.1 Å². The predicted octanol–water partition coefficient (Wildman–Crippen LogP) is 4.81. The lowest BCUT2D eigenvalue weighted by atomic mass is 10.1. The number of rotatable bonds is 12. The van der Waals surface area contributed by atoms with Crippen molar-refractivity contribution in [1.82, 2.24) is 24.2 Å². The number of hydrogen-bond acceptors (Lipinski definition) is 10. The summed E-state index contributed by atoms with van der Waals surface area (Å²) in [5.41, 5.74) is 4.92. The third-order valence-electron chi connectivity index (χ3n) is 7.57. The van der Waals surface area contributed by atoms with Crippen LogP contribution in [0.2, 0.25) is 0 Å². The Balaban J connectivity index is 1.41. The van der Waals surface area contributed by atoms with Gasteiger partial charge in [-0.25, -0.2) is 14.5 Å². The molecule has 44 heavy (non-hydrogen) atoms. The van der Waals surface area contributed by atoms with Crippen molar-refractivity contribution in [3.8, 4) is 0 Å². The number of aromatic nitrogens is 4. The maximum absolute atomic E-state index is 12.0. The predicted molar refractivity (Wildman–Crippen MR) is 169 cm³/mol. The van der Waals surface area contributed by atoms with E-state index in [0.29, 0.717) is 30.3 Å². The molecule has 3 heterocycles. The zero-order valence-corrected chi connectivity index (χ0v) is 25.5. The van der Waals surface area contributed by atoms with Crippen LogP contribution in [-0.2, 0) is 29.1 Å². The van der Waals surface area contributed by atoms with E-state index in [-0.39, 0.29) is 11.3 Å². The summed E-state index contributed by atoms with van der Waals surface area (Å²) < 4.78 is 14.4. The number of nitrogens with zero attached hydrogens (tertiary/aromatic N) is 6. The number of benzene rings is 2. The van der Waals surface area contributed by atoms with E-state index in [4.69, 9.17) is 14.5 Å².